The van der Waals surface area contributed by atoms with Crippen LogP contribution in [0.5, 0.6) is 5.75 Å². The lowest BCUT2D eigenvalue weighted by molar-refractivity contribution is 0.301. The second kappa shape index (κ2) is 7.87. The van der Waals surface area contributed by atoms with Crippen molar-refractivity contribution in [2.24, 2.45) is 5.92 Å². The van der Waals surface area contributed by atoms with Crippen molar-refractivity contribution in [3.05, 3.63) is 51.3 Å². The Balaban J connectivity index is 1.92. The molecular formula is C16H19BrClNO2. The van der Waals surface area contributed by atoms with Gasteiger partial charge in [-0.1, -0.05) is 41.4 Å². The normalized spacial score (nSPS) is 11.1. The van der Waals surface area contributed by atoms with Gasteiger partial charge in [-0.3, -0.25) is 0 Å². The number of rotatable bonds is 7. The van der Waals surface area contributed by atoms with E-state index < -0.39 is 0 Å². The van der Waals surface area contributed by atoms with Crippen LogP contribution in [0.25, 0.3) is 0 Å². The molecule has 114 valence electrons. The van der Waals surface area contributed by atoms with Gasteiger partial charge in [-0.15, -0.1) is 0 Å². The van der Waals surface area contributed by atoms with Crippen LogP contribution in [0.4, 0.5) is 0 Å². The average Bonchev–Trinajstić information content (AvgIpc) is 2.85. The molecule has 0 saturated heterocycles. The fourth-order valence-corrected chi connectivity index (χ4v) is 2.60. The minimum atomic E-state index is 0.441. The highest BCUT2D eigenvalue weighted by molar-refractivity contribution is 9.10. The Morgan fingerprint density at radius 1 is 1.33 bits per heavy atom. The van der Waals surface area contributed by atoms with E-state index in [9.17, 15) is 0 Å². The number of ether oxygens (including phenoxy) is 1. The van der Waals surface area contributed by atoms with Crippen LogP contribution >= 0.6 is 27.5 Å². The van der Waals surface area contributed by atoms with Gasteiger partial charge in [-0.2, -0.15) is 0 Å². The van der Waals surface area contributed by atoms with Crippen molar-refractivity contribution >= 4 is 27.5 Å². The first-order valence-corrected chi connectivity index (χ1v) is 8.07. The molecule has 5 heteroatoms. The van der Waals surface area contributed by atoms with Crippen LogP contribution in [0.2, 0.25) is 5.02 Å². The highest BCUT2D eigenvalue weighted by Gasteiger charge is 2.09. The summed E-state index contributed by atoms with van der Waals surface area (Å²) < 4.78 is 12.2. The van der Waals surface area contributed by atoms with Gasteiger partial charge >= 0.3 is 0 Å². The fraction of sp³-hybridized carbons (Fsp3) is 0.375. The lowest BCUT2D eigenvalue weighted by atomic mass is 10.2. The second-order valence-corrected chi connectivity index (χ2v) is 6.58. The van der Waals surface area contributed by atoms with E-state index in [1.165, 1.54) is 0 Å². The minimum absolute atomic E-state index is 0.441. The lowest BCUT2D eigenvalue weighted by Crippen LogP contribution is -2.19. The Morgan fingerprint density at radius 3 is 2.86 bits per heavy atom. The van der Waals surface area contributed by atoms with Gasteiger partial charge in [0.15, 0.2) is 0 Å². The number of hydrogen-bond donors (Lipinski definition) is 1. The van der Waals surface area contributed by atoms with Gasteiger partial charge in [-0.05, 0) is 36.7 Å². The molecular weight excluding hydrogens is 354 g/mol. The second-order valence-electron chi connectivity index (χ2n) is 5.26. The van der Waals surface area contributed by atoms with Crippen LogP contribution in [-0.4, -0.2) is 6.54 Å². The van der Waals surface area contributed by atoms with Crippen molar-refractivity contribution in [2.45, 2.75) is 27.0 Å². The van der Waals surface area contributed by atoms with E-state index in [-0.39, 0.29) is 0 Å². The predicted octanol–water partition coefficient (Wildman–Crippen LogP) is 5.02. The highest BCUT2D eigenvalue weighted by atomic mass is 79.9. The Kier molecular flexibility index (Phi) is 6.15. The lowest BCUT2D eigenvalue weighted by Gasteiger charge is -2.10. The molecule has 1 heterocycles. The van der Waals surface area contributed by atoms with Gasteiger partial charge in [0.2, 0.25) is 0 Å². The molecule has 0 aliphatic heterocycles. The Hall–Kier alpha value is -0.970. The molecule has 21 heavy (non-hydrogen) atoms. The van der Waals surface area contributed by atoms with Gasteiger partial charge in [0.1, 0.15) is 18.1 Å². The van der Waals surface area contributed by atoms with Gasteiger partial charge < -0.3 is 14.5 Å². The molecule has 1 aromatic carbocycles. The van der Waals surface area contributed by atoms with Gasteiger partial charge in [0.25, 0.3) is 0 Å². The minimum Gasteiger partial charge on any atom is -0.487 e. The van der Waals surface area contributed by atoms with Crippen molar-refractivity contribution in [2.75, 3.05) is 6.54 Å². The Bertz CT molecular complexity index is 583. The average molecular weight is 373 g/mol. The topological polar surface area (TPSA) is 34.4 Å². The summed E-state index contributed by atoms with van der Waals surface area (Å²) in [5.41, 5.74) is 1.03. The van der Waals surface area contributed by atoms with Crippen LogP contribution in [-0.2, 0) is 13.2 Å². The zero-order valence-electron chi connectivity index (χ0n) is 12.2. The summed E-state index contributed by atoms with van der Waals surface area (Å²) in [4.78, 5) is 0. The molecule has 0 bridgehead atoms. The summed E-state index contributed by atoms with van der Waals surface area (Å²) in [6, 6.07) is 7.50. The van der Waals surface area contributed by atoms with Crippen molar-refractivity contribution < 1.29 is 9.15 Å². The van der Waals surface area contributed by atoms with Crippen molar-refractivity contribution in [3.8, 4) is 5.75 Å². The maximum atomic E-state index is 6.14. The molecule has 1 aromatic heterocycles. The third kappa shape index (κ3) is 5.06. The molecule has 0 amide bonds. The van der Waals surface area contributed by atoms with Crippen LogP contribution in [0.3, 0.4) is 0 Å². The zero-order chi connectivity index (χ0) is 15.2. The van der Waals surface area contributed by atoms with Crippen LogP contribution in [0, 0.1) is 5.92 Å². The molecule has 3 nitrogen and oxygen atoms in total. The largest absolute Gasteiger partial charge is 0.487 e. The maximum absolute atomic E-state index is 6.14. The summed E-state index contributed by atoms with van der Waals surface area (Å²) >= 11 is 9.51. The van der Waals surface area contributed by atoms with Crippen molar-refractivity contribution in [1.29, 1.82) is 0 Å². The number of benzene rings is 1. The monoisotopic (exact) mass is 371 g/mol. The summed E-state index contributed by atoms with van der Waals surface area (Å²) in [6.07, 6.45) is 1.69. The molecule has 0 aliphatic carbocycles. The first kappa shape index (κ1) is 16.4. The van der Waals surface area contributed by atoms with E-state index in [1.807, 2.05) is 24.3 Å². The van der Waals surface area contributed by atoms with Crippen LogP contribution in [0.15, 0.2) is 39.4 Å². The van der Waals surface area contributed by atoms with E-state index in [1.54, 1.807) is 6.26 Å². The molecule has 0 radical (unpaired) electrons. The van der Waals surface area contributed by atoms with Gasteiger partial charge in [0.05, 0.1) is 17.8 Å². The van der Waals surface area contributed by atoms with Crippen LogP contribution < -0.4 is 10.1 Å². The quantitative estimate of drug-likeness (QED) is 0.741. The van der Waals surface area contributed by atoms with E-state index >= 15 is 0 Å². The molecule has 0 atom stereocenters. The summed E-state index contributed by atoms with van der Waals surface area (Å²) in [5.74, 6) is 2.19. The number of halogens is 2. The van der Waals surface area contributed by atoms with Gasteiger partial charge in [-0.25, -0.2) is 0 Å². The fourth-order valence-electron chi connectivity index (χ4n) is 1.87. The number of hydrogen-bond acceptors (Lipinski definition) is 3. The number of furan rings is 1. The zero-order valence-corrected chi connectivity index (χ0v) is 14.5. The molecule has 0 unspecified atom stereocenters. The molecule has 0 saturated carbocycles. The third-order valence-corrected chi connectivity index (χ3v) is 3.74. The molecule has 0 fully saturated rings. The SMILES string of the molecule is CC(C)CNCc1occc1COc1ccc(Br)cc1Cl. The summed E-state index contributed by atoms with van der Waals surface area (Å²) in [5, 5.41) is 3.95. The third-order valence-electron chi connectivity index (χ3n) is 2.95. The maximum Gasteiger partial charge on any atom is 0.138 e. The van der Waals surface area contributed by atoms with E-state index in [2.05, 4.69) is 35.1 Å². The van der Waals surface area contributed by atoms with E-state index in [0.717, 1.165) is 22.3 Å². The molecule has 1 N–H and O–H groups in total. The number of nitrogens with one attached hydrogen (secondary N) is 1. The first-order chi connectivity index (χ1) is 10.1. The van der Waals surface area contributed by atoms with E-state index in [0.29, 0.717) is 29.8 Å². The van der Waals surface area contributed by atoms with E-state index in [4.69, 9.17) is 20.8 Å². The standard InChI is InChI=1S/C16H19BrClNO2/c1-11(2)8-19-9-16-12(5-6-20-16)10-21-15-4-3-13(17)7-14(15)18/h3-7,11,19H,8-10H2,1-2H3. The molecule has 2 aromatic rings. The Labute approximate surface area is 138 Å². The van der Waals surface area contributed by atoms with Crippen molar-refractivity contribution in [3.63, 3.8) is 0 Å². The van der Waals surface area contributed by atoms with Gasteiger partial charge in [0, 0.05) is 10.0 Å². The van der Waals surface area contributed by atoms with Crippen molar-refractivity contribution in [1.82, 2.24) is 5.32 Å². The summed E-state index contributed by atoms with van der Waals surface area (Å²) in [6.45, 7) is 6.46. The predicted molar refractivity (Wildman–Crippen MR) is 88.7 cm³/mol. The Morgan fingerprint density at radius 2 is 2.14 bits per heavy atom. The summed E-state index contributed by atoms with van der Waals surface area (Å²) in [7, 11) is 0. The molecule has 0 aliphatic rings. The molecule has 2 rings (SSSR count). The smallest absolute Gasteiger partial charge is 0.138 e. The van der Waals surface area contributed by atoms with Crippen LogP contribution in [0.1, 0.15) is 25.2 Å². The highest BCUT2D eigenvalue weighted by Crippen LogP contribution is 2.28. The molecule has 0 spiro atoms. The first-order valence-electron chi connectivity index (χ1n) is 6.90.